The Hall–Kier alpha value is -0.870. The van der Waals surface area contributed by atoms with Crippen LogP contribution in [0.3, 0.4) is 0 Å². The normalized spacial score (nSPS) is 10.4. The number of nitrogens with two attached hydrogens (primary N) is 1. The van der Waals surface area contributed by atoms with E-state index in [9.17, 15) is 16.8 Å². The Kier molecular flexibility index (Phi) is 9.54. The molecule has 0 saturated heterocycles. The van der Waals surface area contributed by atoms with Crippen molar-refractivity contribution in [3.63, 3.8) is 0 Å². The molecule has 3 N–H and O–H groups in total. The second kappa shape index (κ2) is 9.96. The van der Waals surface area contributed by atoms with Crippen molar-refractivity contribution < 1.29 is 21.4 Å². The van der Waals surface area contributed by atoms with Gasteiger partial charge in [-0.1, -0.05) is 29.3 Å². The van der Waals surface area contributed by atoms with Crippen molar-refractivity contribution >= 4 is 49.5 Å². The first-order valence-electron chi connectivity index (χ1n) is 5.55. The van der Waals surface area contributed by atoms with E-state index in [4.69, 9.17) is 33.5 Å². The van der Waals surface area contributed by atoms with Crippen LogP contribution in [0.15, 0.2) is 22.6 Å². The van der Waals surface area contributed by atoms with Crippen LogP contribution in [0.2, 0.25) is 10.0 Å². The predicted molar refractivity (Wildman–Crippen MR) is 82.7 cm³/mol. The number of nitrogen functional groups attached to an aromatic ring is 1. The molecule has 1 aromatic rings. The smallest absolute Gasteiger partial charge is 0.311 e. The lowest BCUT2D eigenvalue weighted by molar-refractivity contribution is 0.480. The van der Waals surface area contributed by atoms with Crippen molar-refractivity contribution in [1.29, 1.82) is 0 Å². The van der Waals surface area contributed by atoms with Crippen LogP contribution < -0.4 is 5.73 Å². The minimum Gasteiger partial charge on any atom is -0.396 e. The monoisotopic (exact) mass is 376 g/mol. The zero-order valence-corrected chi connectivity index (χ0v) is 13.9. The summed E-state index contributed by atoms with van der Waals surface area (Å²) in [5.41, 5.74) is 5.86. The fourth-order valence-electron chi connectivity index (χ4n) is 1.05. The average Bonchev–Trinajstić information content (AvgIpc) is 2.34. The van der Waals surface area contributed by atoms with E-state index in [2.05, 4.69) is 4.36 Å². The van der Waals surface area contributed by atoms with Gasteiger partial charge in [0.15, 0.2) is 0 Å². The van der Waals surface area contributed by atoms with Gasteiger partial charge in [0.1, 0.15) is 0 Å². The predicted octanol–water partition coefficient (Wildman–Crippen LogP) is 2.29. The van der Waals surface area contributed by atoms with Gasteiger partial charge in [-0.15, -0.1) is 0 Å². The first kappa shape index (κ1) is 20.1. The van der Waals surface area contributed by atoms with Crippen LogP contribution in [0.1, 0.15) is 12.8 Å². The van der Waals surface area contributed by atoms with Crippen LogP contribution in [0.5, 0.6) is 0 Å². The number of anilines is 1. The Morgan fingerprint density at radius 3 is 2.10 bits per heavy atom. The molecule has 0 aliphatic carbocycles. The van der Waals surface area contributed by atoms with Crippen molar-refractivity contribution in [2.75, 3.05) is 18.0 Å². The third-order valence-electron chi connectivity index (χ3n) is 2.01. The van der Waals surface area contributed by atoms with Gasteiger partial charge < -0.3 is 5.73 Å². The fourth-order valence-corrected chi connectivity index (χ4v) is 2.29. The molecule has 0 aliphatic rings. The summed E-state index contributed by atoms with van der Waals surface area (Å²) >= 11 is 11.2. The van der Waals surface area contributed by atoms with Crippen LogP contribution in [-0.4, -0.2) is 33.7 Å². The Balaban J connectivity index is 0.000000394. The maximum Gasteiger partial charge on any atom is 0.311 e. The Bertz CT molecular complexity index is 661. The highest BCUT2D eigenvalue weighted by molar-refractivity contribution is 7.85. The summed E-state index contributed by atoms with van der Waals surface area (Å²) in [6.07, 6.45) is 0.535. The SMILES string of the molecule is Nc1c(Cl)cccc1Cl.O=S(=O)=NCCCCS(=O)(=O)O. The van der Waals surface area contributed by atoms with Crippen molar-refractivity contribution in [3.8, 4) is 0 Å². The van der Waals surface area contributed by atoms with E-state index >= 15 is 0 Å². The van der Waals surface area contributed by atoms with Crippen LogP contribution in [0.25, 0.3) is 0 Å². The lowest BCUT2D eigenvalue weighted by Gasteiger charge is -1.96. The number of hydrogen-bond donors (Lipinski definition) is 2. The van der Waals surface area contributed by atoms with Crippen molar-refractivity contribution in [2.45, 2.75) is 12.8 Å². The molecule has 11 heteroatoms. The molecule has 0 amide bonds. The number of benzene rings is 1. The van der Waals surface area contributed by atoms with Crippen LogP contribution in [0.4, 0.5) is 5.69 Å². The highest BCUT2D eigenvalue weighted by atomic mass is 35.5. The third kappa shape index (κ3) is 11.5. The molecule has 0 fully saturated rings. The van der Waals surface area contributed by atoms with Crippen LogP contribution >= 0.6 is 23.2 Å². The second-order valence-corrected chi connectivity index (χ2v) is 6.78. The van der Waals surface area contributed by atoms with E-state index in [0.29, 0.717) is 22.2 Å². The van der Waals surface area contributed by atoms with Crippen LogP contribution in [-0.2, 0) is 20.6 Å². The van der Waals surface area contributed by atoms with E-state index in [1.54, 1.807) is 18.2 Å². The number of rotatable bonds is 5. The molecular formula is C10H14Cl2N2O5S2. The molecule has 0 aromatic heterocycles. The first-order valence-corrected chi connectivity index (χ1v) is 8.94. The van der Waals surface area contributed by atoms with E-state index in [0.717, 1.165) is 0 Å². The van der Waals surface area contributed by atoms with Gasteiger partial charge in [-0.2, -0.15) is 21.2 Å². The molecule has 120 valence electrons. The van der Waals surface area contributed by atoms with Gasteiger partial charge in [0, 0.05) is 0 Å². The lowest BCUT2D eigenvalue weighted by Crippen LogP contribution is -2.03. The minimum atomic E-state index is -3.92. The summed E-state index contributed by atoms with van der Waals surface area (Å²) in [5, 5.41) is 1.00. The van der Waals surface area contributed by atoms with Crippen molar-refractivity contribution in [2.24, 2.45) is 4.36 Å². The van der Waals surface area contributed by atoms with Gasteiger partial charge >= 0.3 is 10.5 Å². The molecule has 1 aromatic carbocycles. The summed E-state index contributed by atoms with van der Waals surface area (Å²) in [7, 11) is -6.35. The van der Waals surface area contributed by atoms with Gasteiger partial charge in [-0.05, 0) is 25.0 Å². The third-order valence-corrected chi connectivity index (χ3v) is 3.86. The van der Waals surface area contributed by atoms with Crippen molar-refractivity contribution in [1.82, 2.24) is 0 Å². The second-order valence-electron chi connectivity index (χ2n) is 3.70. The minimum absolute atomic E-state index is 0.0611. The molecule has 21 heavy (non-hydrogen) atoms. The molecular weight excluding hydrogens is 363 g/mol. The molecule has 0 radical (unpaired) electrons. The summed E-state index contributed by atoms with van der Waals surface area (Å²) in [4.78, 5) is 0. The van der Waals surface area contributed by atoms with Gasteiger partial charge in [0.05, 0.1) is 28.0 Å². The van der Waals surface area contributed by atoms with E-state index in [1.807, 2.05) is 0 Å². The first-order chi connectivity index (χ1) is 9.63. The van der Waals surface area contributed by atoms with Crippen molar-refractivity contribution in [3.05, 3.63) is 28.2 Å². The summed E-state index contributed by atoms with van der Waals surface area (Å²) in [5.74, 6) is -0.353. The van der Waals surface area contributed by atoms with Gasteiger partial charge in [0.2, 0.25) is 0 Å². The quantitative estimate of drug-likeness (QED) is 0.460. The summed E-state index contributed by atoms with van der Waals surface area (Å²) in [6, 6.07) is 5.15. The molecule has 0 saturated carbocycles. The zero-order chi connectivity index (χ0) is 16.5. The number of nitrogens with zero attached hydrogens (tertiary/aromatic N) is 1. The molecule has 0 bridgehead atoms. The maximum atomic E-state index is 10.1. The lowest BCUT2D eigenvalue weighted by atomic mass is 10.3. The number of hydrogen-bond acceptors (Lipinski definition) is 6. The molecule has 0 atom stereocenters. The Morgan fingerprint density at radius 2 is 1.71 bits per heavy atom. The summed E-state index contributed by atoms with van der Waals surface area (Å²) in [6.45, 7) is 0.0611. The van der Waals surface area contributed by atoms with Gasteiger partial charge in [-0.3, -0.25) is 4.55 Å². The van der Waals surface area contributed by atoms with E-state index in [1.165, 1.54) is 0 Å². The molecule has 0 aliphatic heterocycles. The molecule has 0 spiro atoms. The topological polar surface area (TPSA) is 127 Å². The van der Waals surface area contributed by atoms with Gasteiger partial charge in [0.25, 0.3) is 10.1 Å². The highest BCUT2D eigenvalue weighted by Gasteiger charge is 2.02. The van der Waals surface area contributed by atoms with Crippen LogP contribution in [0, 0.1) is 0 Å². The number of para-hydroxylation sites is 1. The molecule has 1 rings (SSSR count). The highest BCUT2D eigenvalue weighted by Crippen LogP contribution is 2.25. The largest absolute Gasteiger partial charge is 0.396 e. The fraction of sp³-hybridized carbons (Fsp3) is 0.400. The molecule has 0 unspecified atom stereocenters. The Morgan fingerprint density at radius 1 is 1.19 bits per heavy atom. The number of unbranched alkanes of at least 4 members (excludes halogenated alkanes) is 1. The van der Waals surface area contributed by atoms with E-state index in [-0.39, 0.29) is 18.7 Å². The van der Waals surface area contributed by atoms with E-state index < -0.39 is 20.6 Å². The maximum absolute atomic E-state index is 10.1. The molecule has 7 nitrogen and oxygen atoms in total. The Labute approximate surface area is 134 Å². The summed E-state index contributed by atoms with van der Waals surface area (Å²) < 4.78 is 51.2. The van der Waals surface area contributed by atoms with Gasteiger partial charge in [-0.25, -0.2) is 0 Å². The standard InChI is InChI=1S/C6H5Cl2N.C4H9NO5S2/c7-4-2-1-3-5(8)6(4)9;6-11(7)5-3-1-2-4-12(8,9)10/h1-3H,9H2;1-4H2,(H,8,9,10). The average molecular weight is 377 g/mol. The zero-order valence-electron chi connectivity index (χ0n) is 10.7. The number of halogens is 2. The molecule has 0 heterocycles.